The van der Waals surface area contributed by atoms with E-state index in [1.54, 1.807) is 0 Å². The average molecular weight is 311 g/mol. The van der Waals surface area contributed by atoms with E-state index in [2.05, 4.69) is 42.2 Å². The van der Waals surface area contributed by atoms with Crippen LogP contribution < -0.4 is 9.64 Å². The molecule has 1 aliphatic heterocycles. The molecule has 0 saturated heterocycles. The molecule has 0 amide bonds. The standard InChI is InChI=1S/C19H21NO3/c1-13-3-6-15(7-4-13)11-20-16(10-19(21)22)12-23-18-8-5-14(2)9-17(18)20/h3-9,16H,10-12H2,1-2H3,(H,21,22). The molecule has 2 aromatic rings. The molecule has 1 heterocycles. The number of hydrogen-bond donors (Lipinski definition) is 1. The van der Waals surface area contributed by atoms with E-state index in [0.717, 1.165) is 17.0 Å². The maximum absolute atomic E-state index is 11.2. The summed E-state index contributed by atoms with van der Waals surface area (Å²) in [6.07, 6.45) is 0.0687. The molecule has 1 atom stereocenters. The van der Waals surface area contributed by atoms with Gasteiger partial charge in [0, 0.05) is 6.54 Å². The lowest BCUT2D eigenvalue weighted by Crippen LogP contribution is -2.44. The lowest BCUT2D eigenvalue weighted by molar-refractivity contribution is -0.137. The number of ether oxygens (including phenoxy) is 1. The highest BCUT2D eigenvalue weighted by Crippen LogP contribution is 2.36. The Labute approximate surface area is 136 Å². The van der Waals surface area contributed by atoms with Gasteiger partial charge in [-0.25, -0.2) is 0 Å². The van der Waals surface area contributed by atoms with E-state index < -0.39 is 5.97 Å². The number of carboxylic acids is 1. The molecule has 1 aliphatic rings. The smallest absolute Gasteiger partial charge is 0.305 e. The van der Waals surface area contributed by atoms with Crippen molar-refractivity contribution in [3.8, 4) is 5.75 Å². The topological polar surface area (TPSA) is 49.8 Å². The van der Waals surface area contributed by atoms with Crippen molar-refractivity contribution in [2.45, 2.75) is 32.9 Å². The number of carboxylic acid groups (broad SMARTS) is 1. The van der Waals surface area contributed by atoms with Gasteiger partial charge in [0.05, 0.1) is 18.2 Å². The van der Waals surface area contributed by atoms with Crippen molar-refractivity contribution < 1.29 is 14.6 Å². The molecule has 0 saturated carbocycles. The molecule has 23 heavy (non-hydrogen) atoms. The third-order valence-electron chi connectivity index (χ3n) is 4.18. The number of rotatable bonds is 4. The Bertz CT molecular complexity index is 709. The quantitative estimate of drug-likeness (QED) is 0.938. The first kappa shape index (κ1) is 15.4. The van der Waals surface area contributed by atoms with E-state index in [0.29, 0.717) is 13.2 Å². The molecule has 0 radical (unpaired) electrons. The minimum Gasteiger partial charge on any atom is -0.489 e. The van der Waals surface area contributed by atoms with Gasteiger partial charge in [-0.15, -0.1) is 0 Å². The van der Waals surface area contributed by atoms with Crippen LogP contribution >= 0.6 is 0 Å². The van der Waals surface area contributed by atoms with Gasteiger partial charge in [0.1, 0.15) is 12.4 Å². The summed E-state index contributed by atoms with van der Waals surface area (Å²) >= 11 is 0. The fourth-order valence-corrected chi connectivity index (χ4v) is 2.92. The van der Waals surface area contributed by atoms with Crippen LogP contribution in [0.4, 0.5) is 5.69 Å². The van der Waals surface area contributed by atoms with Gasteiger partial charge in [-0.3, -0.25) is 4.79 Å². The van der Waals surface area contributed by atoms with E-state index in [1.165, 1.54) is 11.1 Å². The second-order valence-electron chi connectivity index (χ2n) is 6.15. The molecule has 4 heteroatoms. The zero-order chi connectivity index (χ0) is 16.4. The van der Waals surface area contributed by atoms with Gasteiger partial charge in [-0.1, -0.05) is 35.9 Å². The van der Waals surface area contributed by atoms with Crippen molar-refractivity contribution >= 4 is 11.7 Å². The molecule has 2 aromatic carbocycles. The van der Waals surface area contributed by atoms with Crippen LogP contribution in [0.5, 0.6) is 5.75 Å². The molecule has 0 aliphatic carbocycles. The first-order valence-electron chi connectivity index (χ1n) is 7.80. The van der Waals surface area contributed by atoms with Crippen LogP contribution in [0.2, 0.25) is 0 Å². The SMILES string of the molecule is Cc1ccc(CN2c3cc(C)ccc3OCC2CC(=O)O)cc1. The normalized spacial score (nSPS) is 16.6. The summed E-state index contributed by atoms with van der Waals surface area (Å²) in [5.74, 6) is 0.0213. The summed E-state index contributed by atoms with van der Waals surface area (Å²) < 4.78 is 5.77. The summed E-state index contributed by atoms with van der Waals surface area (Å²) in [7, 11) is 0. The molecule has 0 aromatic heterocycles. The molecule has 0 spiro atoms. The highest BCUT2D eigenvalue weighted by atomic mass is 16.5. The molecule has 1 N–H and O–H groups in total. The van der Waals surface area contributed by atoms with Crippen LogP contribution in [0, 0.1) is 13.8 Å². The van der Waals surface area contributed by atoms with Crippen molar-refractivity contribution in [1.29, 1.82) is 0 Å². The predicted octanol–water partition coefficient (Wildman–Crippen LogP) is 3.55. The van der Waals surface area contributed by atoms with Crippen LogP contribution in [0.15, 0.2) is 42.5 Å². The highest BCUT2D eigenvalue weighted by molar-refractivity contribution is 5.70. The summed E-state index contributed by atoms with van der Waals surface area (Å²) in [6, 6.07) is 14.2. The predicted molar refractivity (Wildman–Crippen MR) is 90.1 cm³/mol. The Morgan fingerprint density at radius 1 is 1.17 bits per heavy atom. The fraction of sp³-hybridized carbons (Fsp3) is 0.316. The van der Waals surface area contributed by atoms with Crippen molar-refractivity contribution in [2.75, 3.05) is 11.5 Å². The Hall–Kier alpha value is -2.49. The average Bonchev–Trinajstić information content (AvgIpc) is 2.51. The van der Waals surface area contributed by atoms with Gasteiger partial charge in [0.25, 0.3) is 0 Å². The van der Waals surface area contributed by atoms with E-state index >= 15 is 0 Å². The number of nitrogens with zero attached hydrogens (tertiary/aromatic N) is 1. The summed E-state index contributed by atoms with van der Waals surface area (Å²) in [5.41, 5.74) is 4.50. The molecular formula is C19H21NO3. The third-order valence-corrected chi connectivity index (χ3v) is 4.18. The maximum Gasteiger partial charge on any atom is 0.305 e. The van der Waals surface area contributed by atoms with Crippen molar-refractivity contribution in [1.82, 2.24) is 0 Å². The Morgan fingerprint density at radius 2 is 1.87 bits per heavy atom. The third kappa shape index (κ3) is 3.47. The molecular weight excluding hydrogens is 290 g/mol. The molecule has 0 bridgehead atoms. The number of carbonyl (C=O) groups is 1. The summed E-state index contributed by atoms with van der Waals surface area (Å²) in [4.78, 5) is 13.4. The number of fused-ring (bicyclic) bond motifs is 1. The lowest BCUT2D eigenvalue weighted by atomic mass is 10.0. The van der Waals surface area contributed by atoms with E-state index in [1.807, 2.05) is 19.1 Å². The van der Waals surface area contributed by atoms with Crippen LogP contribution in [0.25, 0.3) is 0 Å². The Morgan fingerprint density at radius 3 is 2.57 bits per heavy atom. The van der Waals surface area contributed by atoms with Gasteiger partial charge >= 0.3 is 5.97 Å². The van der Waals surface area contributed by atoms with Gasteiger partial charge in [0.2, 0.25) is 0 Å². The minimum atomic E-state index is -0.802. The number of aryl methyl sites for hydroxylation is 2. The maximum atomic E-state index is 11.2. The molecule has 1 unspecified atom stereocenters. The van der Waals surface area contributed by atoms with E-state index in [4.69, 9.17) is 4.74 Å². The second kappa shape index (κ2) is 6.32. The zero-order valence-corrected chi connectivity index (χ0v) is 13.5. The van der Waals surface area contributed by atoms with Gasteiger partial charge < -0.3 is 14.7 Å². The van der Waals surface area contributed by atoms with Gasteiger partial charge in [-0.05, 0) is 37.1 Å². The first-order valence-corrected chi connectivity index (χ1v) is 7.80. The van der Waals surface area contributed by atoms with Crippen molar-refractivity contribution in [2.24, 2.45) is 0 Å². The molecule has 120 valence electrons. The largest absolute Gasteiger partial charge is 0.489 e. The molecule has 4 nitrogen and oxygen atoms in total. The first-order chi connectivity index (χ1) is 11.0. The van der Waals surface area contributed by atoms with Crippen LogP contribution in [-0.2, 0) is 11.3 Å². The van der Waals surface area contributed by atoms with Crippen molar-refractivity contribution in [3.63, 3.8) is 0 Å². The number of hydrogen-bond acceptors (Lipinski definition) is 3. The van der Waals surface area contributed by atoms with Crippen LogP contribution in [0.1, 0.15) is 23.1 Å². The summed E-state index contributed by atoms with van der Waals surface area (Å²) in [6.45, 7) is 5.17. The van der Waals surface area contributed by atoms with Crippen LogP contribution in [0.3, 0.4) is 0 Å². The fourth-order valence-electron chi connectivity index (χ4n) is 2.92. The van der Waals surface area contributed by atoms with Crippen LogP contribution in [-0.4, -0.2) is 23.7 Å². The second-order valence-corrected chi connectivity index (χ2v) is 6.15. The van der Waals surface area contributed by atoms with Gasteiger partial charge in [-0.2, -0.15) is 0 Å². The zero-order valence-electron chi connectivity index (χ0n) is 13.5. The summed E-state index contributed by atoms with van der Waals surface area (Å²) in [5, 5.41) is 9.21. The number of anilines is 1. The highest BCUT2D eigenvalue weighted by Gasteiger charge is 2.29. The monoisotopic (exact) mass is 311 g/mol. The number of benzene rings is 2. The molecule has 0 fully saturated rings. The lowest BCUT2D eigenvalue weighted by Gasteiger charge is -2.38. The Kier molecular flexibility index (Phi) is 4.24. The van der Waals surface area contributed by atoms with E-state index in [-0.39, 0.29) is 12.5 Å². The van der Waals surface area contributed by atoms with E-state index in [9.17, 15) is 9.90 Å². The number of aliphatic carboxylic acids is 1. The van der Waals surface area contributed by atoms with Gasteiger partial charge in [0.15, 0.2) is 0 Å². The van der Waals surface area contributed by atoms with Crippen molar-refractivity contribution in [3.05, 3.63) is 59.2 Å². The Balaban J connectivity index is 1.94. The molecule has 3 rings (SSSR count). The minimum absolute atomic E-state index is 0.0687.